The minimum atomic E-state index is -1.03. The van der Waals surface area contributed by atoms with Crippen LogP contribution >= 0.6 is 0 Å². The molecule has 0 aliphatic carbocycles. The van der Waals surface area contributed by atoms with Crippen LogP contribution in [-0.4, -0.2) is 53.7 Å². The van der Waals surface area contributed by atoms with Gasteiger partial charge in [-0.25, -0.2) is 9.37 Å². The number of carbonyl (C=O) groups is 2. The van der Waals surface area contributed by atoms with Gasteiger partial charge in [0, 0.05) is 42.4 Å². The van der Waals surface area contributed by atoms with E-state index in [1.165, 1.54) is 36.2 Å². The number of nitrogens with one attached hydrogen (secondary N) is 3. The summed E-state index contributed by atoms with van der Waals surface area (Å²) in [5.74, 6) is -0.704. The molecule has 4 N–H and O–H groups in total. The Kier molecular flexibility index (Phi) is 10.4. The summed E-state index contributed by atoms with van der Waals surface area (Å²) in [4.78, 5) is 30.9. The van der Waals surface area contributed by atoms with E-state index < -0.39 is 23.9 Å². The molecule has 230 valence electrons. The van der Waals surface area contributed by atoms with Gasteiger partial charge in [0.15, 0.2) is 0 Å². The van der Waals surface area contributed by atoms with Crippen molar-refractivity contribution in [2.24, 2.45) is 0 Å². The van der Waals surface area contributed by atoms with Crippen LogP contribution in [-0.2, 0) is 19.4 Å². The lowest BCUT2D eigenvalue weighted by molar-refractivity contribution is 0.0830. The Balaban J connectivity index is 1.43. The van der Waals surface area contributed by atoms with Gasteiger partial charge < -0.3 is 30.2 Å². The largest absolute Gasteiger partial charge is 0.493 e. The molecule has 44 heavy (non-hydrogen) atoms. The van der Waals surface area contributed by atoms with Gasteiger partial charge in [-0.15, -0.1) is 0 Å². The van der Waals surface area contributed by atoms with Crippen LogP contribution in [0.4, 0.5) is 4.39 Å². The number of aliphatic hydroxyl groups excluding tert-OH is 1. The van der Waals surface area contributed by atoms with Gasteiger partial charge in [0.05, 0.1) is 24.9 Å². The van der Waals surface area contributed by atoms with E-state index in [4.69, 9.17) is 9.15 Å². The predicted octanol–water partition coefficient (Wildman–Crippen LogP) is 4.44. The first-order chi connectivity index (χ1) is 21.4. The van der Waals surface area contributed by atoms with Crippen LogP contribution in [0.2, 0.25) is 0 Å². The van der Waals surface area contributed by atoms with Crippen molar-refractivity contribution in [1.82, 2.24) is 20.9 Å². The fourth-order valence-corrected chi connectivity index (χ4v) is 5.18. The molecule has 0 saturated heterocycles. The van der Waals surface area contributed by atoms with E-state index in [1.807, 2.05) is 12.1 Å². The highest BCUT2D eigenvalue weighted by molar-refractivity contribution is 6.01. The van der Waals surface area contributed by atoms with Crippen molar-refractivity contribution in [1.29, 1.82) is 0 Å². The van der Waals surface area contributed by atoms with Gasteiger partial charge in [-0.05, 0) is 72.7 Å². The smallest absolute Gasteiger partial charge is 0.251 e. The van der Waals surface area contributed by atoms with Gasteiger partial charge in [-0.3, -0.25) is 9.59 Å². The van der Waals surface area contributed by atoms with Crippen molar-refractivity contribution in [2.75, 3.05) is 19.7 Å². The fraction of sp³-hybridized carbons (Fsp3) is 0.324. The molecule has 2 atom stereocenters. The van der Waals surface area contributed by atoms with Gasteiger partial charge in [0.2, 0.25) is 5.89 Å². The quantitative estimate of drug-likeness (QED) is 0.247. The number of oxazole rings is 1. The fourth-order valence-electron chi connectivity index (χ4n) is 5.18. The summed E-state index contributed by atoms with van der Waals surface area (Å²) in [6, 6.07) is 16.5. The summed E-state index contributed by atoms with van der Waals surface area (Å²) in [5, 5.41) is 20.4. The van der Waals surface area contributed by atoms with Crippen LogP contribution in [0.1, 0.15) is 57.2 Å². The van der Waals surface area contributed by atoms with Crippen LogP contribution in [0.5, 0.6) is 5.75 Å². The van der Waals surface area contributed by atoms with E-state index in [-0.39, 0.29) is 35.9 Å². The molecule has 0 radical (unpaired) electrons. The number of rotatable bonds is 7. The third-order valence-corrected chi connectivity index (χ3v) is 7.51. The molecule has 9 nitrogen and oxygen atoms in total. The summed E-state index contributed by atoms with van der Waals surface area (Å²) >= 11 is 0. The highest BCUT2D eigenvalue weighted by atomic mass is 19.1. The number of nitrogens with zero attached hydrogens (tertiary/aromatic N) is 1. The lowest BCUT2D eigenvalue weighted by Gasteiger charge is -2.25. The molecule has 2 heterocycles. The van der Waals surface area contributed by atoms with Crippen molar-refractivity contribution >= 4 is 11.8 Å². The molecule has 0 spiro atoms. The second kappa shape index (κ2) is 14.8. The molecule has 10 heteroatoms. The number of aryl methyl sites for hydroxylation is 1. The number of amides is 2. The standard InChI is InChI=1S/C34H37FN4O5/c1-2-22-6-5-7-23(12-22)20-36-21-31(40)30-15-24-13-28(35)19-29(14-24)43-10-4-3-8-37-32(41)25-16-26(33(42)39-30)18-27(17-25)34-38-9-11-44-34/h5-7,9,11-14,16-19,30-31,36,40H,2-4,8,10,15,20-21H2,1H3,(H,37,41)(H,39,42)/t30-,31+/m0/s1. The number of hydrogen-bond acceptors (Lipinski definition) is 7. The van der Waals surface area contributed by atoms with Gasteiger partial charge >= 0.3 is 0 Å². The van der Waals surface area contributed by atoms with E-state index in [1.54, 1.807) is 18.2 Å². The minimum absolute atomic E-state index is 0.140. The van der Waals surface area contributed by atoms with Crippen LogP contribution < -0.4 is 20.7 Å². The Morgan fingerprint density at radius 3 is 2.61 bits per heavy atom. The summed E-state index contributed by atoms with van der Waals surface area (Å²) < 4.78 is 25.8. The van der Waals surface area contributed by atoms with Crippen LogP contribution in [0.15, 0.2) is 77.5 Å². The molecular formula is C34H37FN4O5. The molecule has 4 bridgehead atoms. The van der Waals surface area contributed by atoms with Gasteiger partial charge in [0.25, 0.3) is 11.8 Å². The number of benzene rings is 3. The van der Waals surface area contributed by atoms with Crippen molar-refractivity contribution in [3.63, 3.8) is 0 Å². The lowest BCUT2D eigenvalue weighted by Crippen LogP contribution is -2.48. The first kappa shape index (κ1) is 30.9. The van der Waals surface area contributed by atoms with E-state index in [2.05, 4.69) is 40.0 Å². The molecule has 1 aliphatic heterocycles. The van der Waals surface area contributed by atoms with Crippen LogP contribution in [0, 0.1) is 5.82 Å². The van der Waals surface area contributed by atoms with E-state index in [9.17, 15) is 19.1 Å². The van der Waals surface area contributed by atoms with E-state index >= 15 is 0 Å². The zero-order valence-electron chi connectivity index (χ0n) is 24.6. The molecule has 0 unspecified atom stereocenters. The number of ether oxygens (including phenoxy) is 1. The van der Waals surface area contributed by atoms with Crippen molar-refractivity contribution in [3.8, 4) is 17.2 Å². The monoisotopic (exact) mass is 600 g/mol. The maximum Gasteiger partial charge on any atom is 0.251 e. The Hall–Kier alpha value is -4.54. The summed E-state index contributed by atoms with van der Waals surface area (Å²) in [6.07, 6.45) is 4.21. The maximum atomic E-state index is 14.6. The Labute approximate surface area is 255 Å². The number of fused-ring (bicyclic) bond motifs is 4. The zero-order chi connectivity index (χ0) is 30.9. The predicted molar refractivity (Wildman–Crippen MR) is 164 cm³/mol. The van der Waals surface area contributed by atoms with Crippen molar-refractivity contribution in [2.45, 2.75) is 51.3 Å². The number of halogens is 1. The highest BCUT2D eigenvalue weighted by Gasteiger charge is 2.24. The molecule has 3 aromatic carbocycles. The van der Waals surface area contributed by atoms with E-state index in [0.29, 0.717) is 49.4 Å². The molecule has 5 rings (SSSR count). The Bertz CT molecular complexity index is 1580. The van der Waals surface area contributed by atoms with Crippen molar-refractivity contribution < 1.29 is 28.2 Å². The van der Waals surface area contributed by atoms with Crippen LogP contribution in [0.3, 0.4) is 0 Å². The SMILES string of the molecule is CCc1cccc(CNC[C@@H](O)[C@@H]2Cc3cc(F)cc(c3)OCCCCNC(=O)c3cc(cc(-c4ncco4)c3)C(=O)N2)c1. The summed E-state index contributed by atoms with van der Waals surface area (Å²) in [5.41, 5.74) is 3.79. The maximum absolute atomic E-state index is 14.6. The third-order valence-electron chi connectivity index (χ3n) is 7.51. The van der Waals surface area contributed by atoms with Crippen LogP contribution in [0.25, 0.3) is 11.5 Å². The summed E-state index contributed by atoms with van der Waals surface area (Å²) in [6.45, 7) is 3.53. The average Bonchev–Trinajstić information content (AvgIpc) is 3.57. The van der Waals surface area contributed by atoms with Gasteiger partial charge in [0.1, 0.15) is 17.8 Å². The lowest BCUT2D eigenvalue weighted by atomic mass is 9.99. The second-order valence-corrected chi connectivity index (χ2v) is 10.9. The Morgan fingerprint density at radius 2 is 1.82 bits per heavy atom. The average molecular weight is 601 g/mol. The number of carbonyl (C=O) groups excluding carboxylic acids is 2. The summed E-state index contributed by atoms with van der Waals surface area (Å²) in [7, 11) is 0. The van der Waals surface area contributed by atoms with Gasteiger partial charge in [-0.2, -0.15) is 0 Å². The number of aliphatic hydroxyl groups is 1. The molecule has 0 fully saturated rings. The zero-order valence-corrected chi connectivity index (χ0v) is 24.6. The highest BCUT2D eigenvalue weighted by Crippen LogP contribution is 2.23. The molecule has 1 aromatic heterocycles. The Morgan fingerprint density at radius 1 is 1.02 bits per heavy atom. The van der Waals surface area contributed by atoms with Gasteiger partial charge in [-0.1, -0.05) is 31.2 Å². The molecule has 2 amide bonds. The molecule has 4 aromatic rings. The first-order valence-corrected chi connectivity index (χ1v) is 14.9. The first-order valence-electron chi connectivity index (χ1n) is 14.9. The van der Waals surface area contributed by atoms with E-state index in [0.717, 1.165) is 12.0 Å². The third kappa shape index (κ3) is 8.30. The minimum Gasteiger partial charge on any atom is -0.493 e. The molecular weight excluding hydrogens is 563 g/mol. The number of aromatic nitrogens is 1. The topological polar surface area (TPSA) is 126 Å². The normalized spacial score (nSPS) is 16.8. The van der Waals surface area contributed by atoms with Crippen molar-refractivity contribution in [3.05, 3.63) is 107 Å². The molecule has 0 saturated carbocycles. The molecule has 1 aliphatic rings. The number of hydrogen-bond donors (Lipinski definition) is 4. The second-order valence-electron chi connectivity index (χ2n) is 10.9.